The molecule has 0 saturated carbocycles. The van der Waals surface area contributed by atoms with E-state index in [0.717, 1.165) is 19.3 Å². The highest BCUT2D eigenvalue weighted by atomic mass is 16.5. The summed E-state index contributed by atoms with van der Waals surface area (Å²) in [6, 6.07) is -0.586. The standard InChI is InChI=1S/C17H25N5O4/c1-2-3-5-13(11-21(26)12-23)17(25)22-9-4-6-14(22)16(24)20-15-10-18-7-8-19-15/h7-8,10,12-14,26H,2-6,9,11H2,1H3,(H,19,20,24). The number of hydrogen-bond donors (Lipinski definition) is 2. The number of nitrogens with zero attached hydrogens (tertiary/aromatic N) is 4. The van der Waals surface area contributed by atoms with Gasteiger partial charge in [0.25, 0.3) is 0 Å². The molecular formula is C17H25N5O4. The van der Waals surface area contributed by atoms with E-state index in [2.05, 4.69) is 15.3 Å². The van der Waals surface area contributed by atoms with Gasteiger partial charge in [-0.3, -0.25) is 24.6 Å². The van der Waals surface area contributed by atoms with Gasteiger partial charge >= 0.3 is 0 Å². The van der Waals surface area contributed by atoms with Gasteiger partial charge in [-0.1, -0.05) is 19.8 Å². The SMILES string of the molecule is CCCCC(CN(O)C=O)C(=O)N1CCCC1C(=O)Nc1cnccn1. The Hall–Kier alpha value is -2.55. The molecule has 1 saturated heterocycles. The molecule has 2 unspecified atom stereocenters. The maximum atomic E-state index is 12.9. The summed E-state index contributed by atoms with van der Waals surface area (Å²) >= 11 is 0. The van der Waals surface area contributed by atoms with Crippen LogP contribution in [0.4, 0.5) is 5.82 Å². The van der Waals surface area contributed by atoms with Crippen LogP contribution in [0, 0.1) is 5.92 Å². The lowest BCUT2D eigenvalue weighted by atomic mass is 9.99. The first-order chi connectivity index (χ1) is 12.6. The summed E-state index contributed by atoms with van der Waals surface area (Å²) in [5.74, 6) is -0.713. The summed E-state index contributed by atoms with van der Waals surface area (Å²) in [7, 11) is 0. The lowest BCUT2D eigenvalue weighted by Crippen LogP contribution is -2.47. The Morgan fingerprint density at radius 1 is 1.50 bits per heavy atom. The molecule has 0 spiro atoms. The number of carbonyl (C=O) groups excluding carboxylic acids is 3. The number of hydrogen-bond acceptors (Lipinski definition) is 6. The highest BCUT2D eigenvalue weighted by Gasteiger charge is 2.37. The minimum atomic E-state index is -0.586. The Balaban J connectivity index is 2.06. The second kappa shape index (κ2) is 9.81. The molecule has 0 aromatic carbocycles. The van der Waals surface area contributed by atoms with Crippen molar-refractivity contribution in [1.82, 2.24) is 19.9 Å². The third-order valence-electron chi connectivity index (χ3n) is 4.44. The summed E-state index contributed by atoms with van der Waals surface area (Å²) in [6.07, 6.45) is 8.24. The van der Waals surface area contributed by atoms with Crippen molar-refractivity contribution < 1.29 is 19.6 Å². The zero-order valence-electron chi connectivity index (χ0n) is 14.9. The van der Waals surface area contributed by atoms with E-state index in [-0.39, 0.29) is 24.8 Å². The largest absolute Gasteiger partial charge is 0.330 e. The summed E-state index contributed by atoms with van der Waals surface area (Å²) in [6.45, 7) is 2.41. The first-order valence-corrected chi connectivity index (χ1v) is 8.85. The van der Waals surface area contributed by atoms with Gasteiger partial charge in [0.15, 0.2) is 5.82 Å². The molecule has 9 nitrogen and oxygen atoms in total. The van der Waals surface area contributed by atoms with Crippen molar-refractivity contribution in [2.45, 2.75) is 45.1 Å². The van der Waals surface area contributed by atoms with E-state index in [4.69, 9.17) is 0 Å². The first-order valence-electron chi connectivity index (χ1n) is 8.85. The summed E-state index contributed by atoms with van der Waals surface area (Å²) in [5, 5.41) is 12.7. The Morgan fingerprint density at radius 3 is 2.96 bits per heavy atom. The molecule has 2 heterocycles. The van der Waals surface area contributed by atoms with E-state index in [1.54, 1.807) is 4.90 Å². The fraction of sp³-hybridized carbons (Fsp3) is 0.588. The van der Waals surface area contributed by atoms with Crippen molar-refractivity contribution in [3.05, 3.63) is 18.6 Å². The number of anilines is 1. The van der Waals surface area contributed by atoms with Gasteiger partial charge in [-0.25, -0.2) is 10.0 Å². The van der Waals surface area contributed by atoms with Gasteiger partial charge in [0.2, 0.25) is 18.2 Å². The molecule has 0 bridgehead atoms. The van der Waals surface area contributed by atoms with Crippen LogP contribution in [-0.2, 0) is 14.4 Å². The fourth-order valence-corrected chi connectivity index (χ4v) is 3.12. The van der Waals surface area contributed by atoms with Crippen LogP contribution in [0.1, 0.15) is 39.0 Å². The molecule has 26 heavy (non-hydrogen) atoms. The number of nitrogens with one attached hydrogen (secondary N) is 1. The second-order valence-electron chi connectivity index (χ2n) is 6.34. The molecule has 1 aromatic rings. The Bertz CT molecular complexity index is 612. The van der Waals surface area contributed by atoms with Crippen molar-refractivity contribution >= 4 is 24.0 Å². The number of aromatic nitrogens is 2. The van der Waals surface area contributed by atoms with Crippen molar-refractivity contribution in [1.29, 1.82) is 0 Å². The number of hydroxylamine groups is 2. The zero-order valence-corrected chi connectivity index (χ0v) is 14.9. The van der Waals surface area contributed by atoms with E-state index in [9.17, 15) is 19.6 Å². The normalized spacial score (nSPS) is 17.6. The van der Waals surface area contributed by atoms with Crippen molar-refractivity contribution in [2.24, 2.45) is 5.92 Å². The Kier molecular flexibility index (Phi) is 7.46. The Labute approximate surface area is 152 Å². The number of unbranched alkanes of at least 4 members (excludes halogenated alkanes) is 1. The van der Waals surface area contributed by atoms with E-state index in [1.165, 1.54) is 18.6 Å². The third-order valence-corrected chi connectivity index (χ3v) is 4.44. The van der Waals surface area contributed by atoms with Gasteiger partial charge in [-0.05, 0) is 19.3 Å². The van der Waals surface area contributed by atoms with Crippen molar-refractivity contribution in [3.8, 4) is 0 Å². The molecule has 142 valence electrons. The molecule has 2 atom stereocenters. The second-order valence-corrected chi connectivity index (χ2v) is 6.34. The smallest absolute Gasteiger partial charge is 0.248 e. The molecule has 0 radical (unpaired) electrons. The lowest BCUT2D eigenvalue weighted by Gasteiger charge is -2.29. The maximum Gasteiger partial charge on any atom is 0.248 e. The Morgan fingerprint density at radius 2 is 2.31 bits per heavy atom. The van der Waals surface area contributed by atoms with Crippen LogP contribution >= 0.6 is 0 Å². The molecular weight excluding hydrogens is 338 g/mol. The quantitative estimate of drug-likeness (QED) is 0.385. The minimum Gasteiger partial charge on any atom is -0.330 e. The predicted molar refractivity (Wildman–Crippen MR) is 93.0 cm³/mol. The fourth-order valence-electron chi connectivity index (χ4n) is 3.12. The van der Waals surface area contributed by atoms with Crippen LogP contribution < -0.4 is 5.32 Å². The number of rotatable bonds is 9. The van der Waals surface area contributed by atoms with Gasteiger partial charge in [-0.2, -0.15) is 0 Å². The van der Waals surface area contributed by atoms with Crippen LogP contribution in [0.2, 0.25) is 0 Å². The molecule has 1 aliphatic rings. The highest BCUT2D eigenvalue weighted by Crippen LogP contribution is 2.23. The molecule has 1 aromatic heterocycles. The van der Waals surface area contributed by atoms with Crippen LogP contribution in [0.15, 0.2) is 18.6 Å². The van der Waals surface area contributed by atoms with Crippen LogP contribution in [0.5, 0.6) is 0 Å². The van der Waals surface area contributed by atoms with E-state index in [1.807, 2.05) is 6.92 Å². The van der Waals surface area contributed by atoms with Crippen LogP contribution in [0.25, 0.3) is 0 Å². The summed E-state index contributed by atoms with van der Waals surface area (Å²) in [4.78, 5) is 45.7. The number of carbonyl (C=O) groups is 3. The van der Waals surface area contributed by atoms with E-state index >= 15 is 0 Å². The molecule has 2 N–H and O–H groups in total. The molecule has 3 amide bonds. The van der Waals surface area contributed by atoms with Crippen molar-refractivity contribution in [3.63, 3.8) is 0 Å². The zero-order chi connectivity index (χ0) is 18.9. The number of likely N-dealkylation sites (tertiary alicyclic amines) is 1. The van der Waals surface area contributed by atoms with Crippen LogP contribution in [0.3, 0.4) is 0 Å². The monoisotopic (exact) mass is 363 g/mol. The van der Waals surface area contributed by atoms with E-state index < -0.39 is 12.0 Å². The van der Waals surface area contributed by atoms with Gasteiger partial charge in [-0.15, -0.1) is 0 Å². The van der Waals surface area contributed by atoms with Crippen molar-refractivity contribution in [2.75, 3.05) is 18.4 Å². The van der Waals surface area contributed by atoms with Gasteiger partial charge in [0, 0.05) is 18.9 Å². The predicted octanol–water partition coefficient (Wildman–Crippen LogP) is 1.06. The van der Waals surface area contributed by atoms with Gasteiger partial charge in [0.1, 0.15) is 6.04 Å². The average Bonchev–Trinajstić information content (AvgIpc) is 3.15. The topological polar surface area (TPSA) is 116 Å². The molecule has 1 fully saturated rings. The third kappa shape index (κ3) is 5.22. The van der Waals surface area contributed by atoms with E-state index in [0.29, 0.717) is 30.3 Å². The molecule has 1 aliphatic heterocycles. The summed E-state index contributed by atoms with van der Waals surface area (Å²) in [5.41, 5.74) is 0. The molecule has 9 heteroatoms. The maximum absolute atomic E-state index is 12.9. The molecule has 2 rings (SSSR count). The van der Waals surface area contributed by atoms with Gasteiger partial charge in [0.05, 0.1) is 18.7 Å². The average molecular weight is 363 g/mol. The highest BCUT2D eigenvalue weighted by molar-refractivity contribution is 5.97. The lowest BCUT2D eigenvalue weighted by molar-refractivity contribution is -0.157. The van der Waals surface area contributed by atoms with Gasteiger partial charge < -0.3 is 10.2 Å². The summed E-state index contributed by atoms with van der Waals surface area (Å²) < 4.78 is 0. The minimum absolute atomic E-state index is 0.0721. The van der Waals surface area contributed by atoms with Crippen LogP contribution in [-0.4, -0.2) is 62.5 Å². The molecule has 0 aliphatic carbocycles. The first kappa shape index (κ1) is 19.8. The number of amides is 3.